The number of fused-ring (bicyclic) bond motifs is 1. The first-order valence-corrected chi connectivity index (χ1v) is 6.06. The molecular weight excluding hydrogens is 252 g/mol. The fraction of sp³-hybridized carbons (Fsp3) is 0.429. The van der Waals surface area contributed by atoms with Gasteiger partial charge in [0.1, 0.15) is 0 Å². The zero-order valence-electron chi connectivity index (χ0n) is 11.1. The molecule has 0 fully saturated rings. The molecule has 0 N–H and O–H groups in total. The molecule has 3 nitrogen and oxygen atoms in total. The van der Waals surface area contributed by atoms with E-state index in [4.69, 9.17) is 0 Å². The van der Waals surface area contributed by atoms with Gasteiger partial charge in [-0.25, -0.2) is 8.78 Å². The Balaban J connectivity index is 2.32. The van der Waals surface area contributed by atoms with Crippen LogP contribution in [0.2, 0.25) is 0 Å². The van der Waals surface area contributed by atoms with Crippen molar-refractivity contribution in [3.63, 3.8) is 0 Å². The molecule has 5 heteroatoms. The van der Waals surface area contributed by atoms with Gasteiger partial charge in [0, 0.05) is 6.54 Å². The Morgan fingerprint density at radius 1 is 1.11 bits per heavy atom. The summed E-state index contributed by atoms with van der Waals surface area (Å²) in [5.74, 6) is -3.66. The molecule has 1 aromatic carbocycles. The lowest BCUT2D eigenvalue weighted by Gasteiger charge is -2.21. The molecule has 102 valence electrons. The van der Waals surface area contributed by atoms with Gasteiger partial charge in [-0.3, -0.25) is 14.5 Å². The summed E-state index contributed by atoms with van der Waals surface area (Å²) in [6, 6.07) is 2.03. The van der Waals surface area contributed by atoms with Crippen molar-refractivity contribution in [1.29, 1.82) is 0 Å². The lowest BCUT2D eigenvalue weighted by atomic mass is 9.92. The highest BCUT2D eigenvalue weighted by atomic mass is 19.2. The van der Waals surface area contributed by atoms with Gasteiger partial charge in [0.15, 0.2) is 11.6 Å². The number of hydrogen-bond acceptors (Lipinski definition) is 2. The number of amides is 2. The number of nitrogens with zero attached hydrogens (tertiary/aromatic N) is 1. The Morgan fingerprint density at radius 2 is 1.74 bits per heavy atom. The minimum absolute atomic E-state index is 0.0564. The van der Waals surface area contributed by atoms with E-state index in [-0.39, 0.29) is 17.5 Å². The Labute approximate surface area is 110 Å². The molecule has 0 aliphatic carbocycles. The molecular formula is C14H15F2NO2. The van der Waals surface area contributed by atoms with Gasteiger partial charge in [0.2, 0.25) is 0 Å². The van der Waals surface area contributed by atoms with Gasteiger partial charge in [-0.15, -0.1) is 0 Å². The van der Waals surface area contributed by atoms with Gasteiger partial charge in [0.05, 0.1) is 11.1 Å². The molecule has 0 spiro atoms. The standard InChI is InChI=1S/C14H15F2NO2/c1-14(2,3)6-7-17-12(18)8-4-5-9(15)11(16)10(8)13(17)19/h4-5H,6-7H2,1-3H3. The molecule has 1 aliphatic rings. The largest absolute Gasteiger partial charge is 0.274 e. The van der Waals surface area contributed by atoms with Crippen molar-refractivity contribution >= 4 is 11.8 Å². The van der Waals surface area contributed by atoms with Crippen molar-refractivity contribution in [3.8, 4) is 0 Å². The third-order valence-corrected chi connectivity index (χ3v) is 3.11. The monoisotopic (exact) mass is 267 g/mol. The number of hydrogen-bond donors (Lipinski definition) is 0. The summed E-state index contributed by atoms with van der Waals surface area (Å²) < 4.78 is 26.7. The topological polar surface area (TPSA) is 37.4 Å². The van der Waals surface area contributed by atoms with Crippen LogP contribution in [0, 0.1) is 17.0 Å². The molecule has 0 unspecified atom stereocenters. The number of imide groups is 1. The van der Waals surface area contributed by atoms with Crippen molar-refractivity contribution < 1.29 is 18.4 Å². The van der Waals surface area contributed by atoms with Crippen LogP contribution in [0.4, 0.5) is 8.78 Å². The maximum absolute atomic E-state index is 13.6. The van der Waals surface area contributed by atoms with Crippen molar-refractivity contribution in [3.05, 3.63) is 34.9 Å². The maximum Gasteiger partial charge on any atom is 0.264 e. The summed E-state index contributed by atoms with van der Waals surface area (Å²) in [5.41, 5.74) is -0.559. The van der Waals surface area contributed by atoms with E-state index in [0.29, 0.717) is 6.42 Å². The molecule has 0 aromatic heterocycles. The summed E-state index contributed by atoms with van der Waals surface area (Å²) in [5, 5.41) is 0. The average molecular weight is 267 g/mol. The van der Waals surface area contributed by atoms with Crippen LogP contribution < -0.4 is 0 Å². The second-order valence-corrected chi connectivity index (χ2v) is 5.86. The van der Waals surface area contributed by atoms with E-state index >= 15 is 0 Å². The predicted molar refractivity (Wildman–Crippen MR) is 65.8 cm³/mol. The quantitative estimate of drug-likeness (QED) is 0.772. The van der Waals surface area contributed by atoms with Gasteiger partial charge in [0.25, 0.3) is 11.8 Å². The molecule has 2 rings (SSSR count). The van der Waals surface area contributed by atoms with Crippen LogP contribution in [0.1, 0.15) is 47.9 Å². The van der Waals surface area contributed by atoms with Gasteiger partial charge in [-0.05, 0) is 24.0 Å². The van der Waals surface area contributed by atoms with Gasteiger partial charge >= 0.3 is 0 Å². The zero-order chi connectivity index (χ0) is 14.4. The highest BCUT2D eigenvalue weighted by Crippen LogP contribution is 2.28. The number of rotatable bonds is 2. The molecule has 1 aromatic rings. The average Bonchev–Trinajstić information content (AvgIpc) is 2.53. The van der Waals surface area contributed by atoms with Crippen molar-refractivity contribution in [2.45, 2.75) is 27.2 Å². The fourth-order valence-corrected chi connectivity index (χ4v) is 1.96. The first-order valence-electron chi connectivity index (χ1n) is 6.06. The van der Waals surface area contributed by atoms with Crippen LogP contribution in [0.25, 0.3) is 0 Å². The Morgan fingerprint density at radius 3 is 2.32 bits per heavy atom. The molecule has 19 heavy (non-hydrogen) atoms. The first kappa shape index (κ1) is 13.6. The van der Waals surface area contributed by atoms with E-state index in [1.165, 1.54) is 0 Å². The van der Waals surface area contributed by atoms with Gasteiger partial charge < -0.3 is 0 Å². The first-order chi connectivity index (χ1) is 8.72. The Bertz CT molecular complexity index is 561. The minimum Gasteiger partial charge on any atom is -0.274 e. The second kappa shape index (κ2) is 4.40. The Kier molecular flexibility index (Phi) is 3.16. The molecule has 2 amide bonds. The van der Waals surface area contributed by atoms with Gasteiger partial charge in [-0.1, -0.05) is 20.8 Å². The summed E-state index contributed by atoms with van der Waals surface area (Å²) >= 11 is 0. The maximum atomic E-state index is 13.6. The second-order valence-electron chi connectivity index (χ2n) is 5.86. The SMILES string of the molecule is CC(C)(C)CCN1C(=O)c2ccc(F)c(F)c2C1=O. The van der Waals surface area contributed by atoms with Crippen LogP contribution in [0.15, 0.2) is 12.1 Å². The molecule has 1 aliphatic heterocycles. The van der Waals surface area contributed by atoms with Crippen molar-refractivity contribution in [2.24, 2.45) is 5.41 Å². The summed E-state index contributed by atoms with van der Waals surface area (Å²) in [7, 11) is 0. The lowest BCUT2D eigenvalue weighted by molar-refractivity contribution is 0.0637. The molecule has 0 saturated heterocycles. The highest BCUT2D eigenvalue weighted by molar-refractivity contribution is 6.21. The number of carbonyl (C=O) groups excluding carboxylic acids is 2. The molecule has 0 saturated carbocycles. The predicted octanol–water partition coefficient (Wildman–Crippen LogP) is 3.00. The zero-order valence-corrected chi connectivity index (χ0v) is 11.1. The third-order valence-electron chi connectivity index (χ3n) is 3.11. The van der Waals surface area contributed by atoms with E-state index in [1.54, 1.807) is 0 Å². The van der Waals surface area contributed by atoms with Crippen LogP contribution in [-0.4, -0.2) is 23.3 Å². The van der Waals surface area contributed by atoms with Crippen molar-refractivity contribution in [2.75, 3.05) is 6.54 Å². The summed E-state index contributed by atoms with van der Waals surface area (Å²) in [6.45, 7) is 6.14. The lowest BCUT2D eigenvalue weighted by Crippen LogP contribution is -2.32. The Hall–Kier alpha value is -1.78. The molecule has 0 atom stereocenters. The normalized spacial score (nSPS) is 15.1. The highest BCUT2D eigenvalue weighted by Gasteiger charge is 2.39. The third kappa shape index (κ3) is 2.37. The smallest absolute Gasteiger partial charge is 0.264 e. The molecule has 0 bridgehead atoms. The van der Waals surface area contributed by atoms with E-state index < -0.39 is 29.0 Å². The van der Waals surface area contributed by atoms with Crippen LogP contribution in [0.5, 0.6) is 0 Å². The molecule has 1 heterocycles. The molecule has 0 radical (unpaired) electrons. The number of halogens is 2. The summed E-state index contributed by atoms with van der Waals surface area (Å²) in [4.78, 5) is 25.0. The summed E-state index contributed by atoms with van der Waals surface area (Å²) in [6.07, 6.45) is 0.600. The van der Waals surface area contributed by atoms with E-state index in [0.717, 1.165) is 17.0 Å². The van der Waals surface area contributed by atoms with Crippen molar-refractivity contribution in [1.82, 2.24) is 4.90 Å². The van der Waals surface area contributed by atoms with Crippen LogP contribution in [-0.2, 0) is 0 Å². The van der Waals surface area contributed by atoms with E-state index in [9.17, 15) is 18.4 Å². The van der Waals surface area contributed by atoms with E-state index in [1.807, 2.05) is 20.8 Å². The number of benzene rings is 1. The minimum atomic E-state index is -1.24. The van der Waals surface area contributed by atoms with Crippen LogP contribution in [0.3, 0.4) is 0 Å². The van der Waals surface area contributed by atoms with Crippen LogP contribution >= 0.6 is 0 Å². The fourth-order valence-electron chi connectivity index (χ4n) is 1.96. The van der Waals surface area contributed by atoms with E-state index in [2.05, 4.69) is 0 Å². The van der Waals surface area contributed by atoms with Gasteiger partial charge in [-0.2, -0.15) is 0 Å². The number of carbonyl (C=O) groups is 2.